The number of aldehydes is 1. The Hall–Kier alpha value is -5.79. The second-order valence-corrected chi connectivity index (χ2v) is 17.0. The zero-order valence-corrected chi connectivity index (χ0v) is 35.7. The van der Waals surface area contributed by atoms with E-state index in [4.69, 9.17) is 4.74 Å². The molecule has 2 aliphatic rings. The molecular formula is C42H53F2N13O3S. The predicted octanol–water partition coefficient (Wildman–Crippen LogP) is 6.17. The number of fused-ring (bicyclic) bond motifs is 2. The molecule has 2 saturated heterocycles. The van der Waals surface area contributed by atoms with Crippen LogP contribution < -0.4 is 20.7 Å². The Kier molecular flexibility index (Phi) is 14.0. The summed E-state index contributed by atoms with van der Waals surface area (Å²) in [6.45, 7) is 11.9. The van der Waals surface area contributed by atoms with Crippen molar-refractivity contribution >= 4 is 51.3 Å². The molecule has 4 aromatic heterocycles. The fourth-order valence-corrected chi connectivity index (χ4v) is 9.33. The van der Waals surface area contributed by atoms with E-state index in [0.717, 1.165) is 68.1 Å². The van der Waals surface area contributed by atoms with Crippen molar-refractivity contribution in [1.29, 1.82) is 0 Å². The molecule has 2 aliphatic heterocycles. The van der Waals surface area contributed by atoms with Crippen LogP contribution in [-0.4, -0.2) is 112 Å². The topological polar surface area (TPSA) is 176 Å². The van der Waals surface area contributed by atoms with Gasteiger partial charge in [-0.1, -0.05) is 12.6 Å². The van der Waals surface area contributed by atoms with Crippen molar-refractivity contribution in [2.75, 3.05) is 56.9 Å². The van der Waals surface area contributed by atoms with E-state index >= 15 is 8.78 Å². The van der Waals surface area contributed by atoms with Crippen LogP contribution in [-0.2, 0) is 22.8 Å². The molecule has 6 aromatic rings. The van der Waals surface area contributed by atoms with Crippen molar-refractivity contribution in [2.45, 2.75) is 62.9 Å². The number of piperidine rings is 2. The van der Waals surface area contributed by atoms with Crippen LogP contribution in [0.15, 0.2) is 66.7 Å². The maximum absolute atomic E-state index is 15.7. The van der Waals surface area contributed by atoms with Crippen molar-refractivity contribution in [3.05, 3.63) is 79.0 Å². The van der Waals surface area contributed by atoms with Gasteiger partial charge in [-0.2, -0.15) is 19.7 Å². The number of aryl methyl sites for hydroxylation is 1. The third kappa shape index (κ3) is 9.89. The SMILES string of the molecule is C=CNCCC=O.CNc1nn(C)c2c(F)c(C3CCN(CC4CCCN(S(=O)c5ccc(Nc6nc7c(OC(C)C)c(-c8cn[nH]c8)ncn7n6)c(F)c5)C4)CC3)ccc12. The second-order valence-electron chi connectivity index (χ2n) is 15.5. The lowest BCUT2D eigenvalue weighted by Crippen LogP contribution is -2.43. The molecule has 61 heavy (non-hydrogen) atoms. The molecule has 0 saturated carbocycles. The fourth-order valence-electron chi connectivity index (χ4n) is 8.00. The number of likely N-dealkylation sites (tertiary alicyclic amines) is 1. The number of aromatic nitrogens is 8. The number of rotatable bonds is 15. The summed E-state index contributed by atoms with van der Waals surface area (Å²) >= 11 is 0. The van der Waals surface area contributed by atoms with Gasteiger partial charge in [0.15, 0.2) is 17.4 Å². The van der Waals surface area contributed by atoms with Crippen molar-refractivity contribution in [3.8, 4) is 17.0 Å². The van der Waals surface area contributed by atoms with Gasteiger partial charge in [-0.3, -0.25) is 9.78 Å². The zero-order chi connectivity index (χ0) is 43.0. The molecule has 4 N–H and O–H groups in total. The molecule has 2 fully saturated rings. The largest absolute Gasteiger partial charge is 0.485 e. The molecular weight excluding hydrogens is 805 g/mol. The molecule has 0 amide bonds. The highest BCUT2D eigenvalue weighted by Gasteiger charge is 2.30. The molecule has 19 heteroatoms. The number of ether oxygens (including phenoxy) is 1. The summed E-state index contributed by atoms with van der Waals surface area (Å²) in [5.74, 6) is 1.02. The molecule has 6 heterocycles. The number of nitrogens with one attached hydrogen (secondary N) is 4. The van der Waals surface area contributed by atoms with Gasteiger partial charge >= 0.3 is 0 Å². The molecule has 2 atom stereocenters. The minimum absolute atomic E-state index is 0.152. The maximum Gasteiger partial charge on any atom is 0.247 e. The molecule has 2 aromatic carbocycles. The highest BCUT2D eigenvalue weighted by molar-refractivity contribution is 7.82. The molecule has 0 radical (unpaired) electrons. The van der Waals surface area contributed by atoms with Gasteiger partial charge in [0.1, 0.15) is 40.6 Å². The Balaban J connectivity index is 0.000000739. The van der Waals surface area contributed by atoms with Crippen molar-refractivity contribution in [3.63, 3.8) is 0 Å². The van der Waals surface area contributed by atoms with E-state index < -0.39 is 16.8 Å². The number of benzene rings is 2. The standard InChI is InChI=1S/C37H44F2N12O2S.C5H9NO/c1-22(2)53-34-32(25-17-42-43-18-25)41-21-51-36(34)45-37(47-51)44-30-10-7-26(16-29(30)38)54(52)50-13-5-6-23(20-50)19-49-14-11-24(12-15-49)27-8-9-28-33(31(27)39)48(4)46-35(28)40-3;1-2-6-4-3-5-7/h7-10,16-18,21-24H,5-6,11-15,19-20H2,1-4H3,(H,40,46)(H,42,43)(H,44,47);2,5-6H,1,3-4H2. The van der Waals surface area contributed by atoms with Crippen molar-refractivity contribution < 1.29 is 22.5 Å². The number of nitrogens with zero attached hydrogens (tertiary/aromatic N) is 9. The number of H-pyrrole nitrogens is 1. The molecule has 2 unspecified atom stereocenters. The summed E-state index contributed by atoms with van der Waals surface area (Å²) in [5, 5.41) is 25.2. The number of hydrogen-bond acceptors (Lipinski definition) is 12. The number of halogens is 2. The number of hydrogen-bond donors (Lipinski definition) is 4. The van der Waals surface area contributed by atoms with Crippen LogP contribution in [0.2, 0.25) is 0 Å². The fraction of sp³-hybridized carbons (Fsp3) is 0.429. The Morgan fingerprint density at radius 1 is 1.11 bits per heavy atom. The molecule has 16 nitrogen and oxygen atoms in total. The van der Waals surface area contributed by atoms with Crippen molar-refractivity contribution in [1.82, 2.24) is 54.1 Å². The van der Waals surface area contributed by atoms with Gasteiger partial charge in [0.05, 0.1) is 22.9 Å². The van der Waals surface area contributed by atoms with E-state index in [9.17, 15) is 9.00 Å². The van der Waals surface area contributed by atoms with Gasteiger partial charge in [0.25, 0.3) is 0 Å². The van der Waals surface area contributed by atoms with E-state index in [-0.39, 0.29) is 29.5 Å². The third-order valence-corrected chi connectivity index (χ3v) is 12.3. The first-order valence-corrected chi connectivity index (χ1v) is 21.7. The lowest BCUT2D eigenvalue weighted by atomic mass is 9.87. The third-order valence-electron chi connectivity index (χ3n) is 10.9. The number of carbonyl (C=O) groups is 1. The smallest absolute Gasteiger partial charge is 0.247 e. The van der Waals surface area contributed by atoms with Gasteiger partial charge in [-0.15, -0.1) is 5.10 Å². The highest BCUT2D eigenvalue weighted by Crippen LogP contribution is 2.36. The highest BCUT2D eigenvalue weighted by atomic mass is 32.2. The molecule has 0 aliphatic carbocycles. The van der Waals surface area contributed by atoms with Gasteiger partial charge in [-0.25, -0.2) is 22.3 Å². The zero-order valence-electron chi connectivity index (χ0n) is 34.9. The van der Waals surface area contributed by atoms with Crippen LogP contribution in [0.1, 0.15) is 57.4 Å². The quantitative estimate of drug-likeness (QED) is 0.0684. The minimum Gasteiger partial charge on any atom is -0.485 e. The Labute approximate surface area is 355 Å². The molecule has 8 rings (SSSR count). The summed E-state index contributed by atoms with van der Waals surface area (Å²) < 4.78 is 56.1. The first-order chi connectivity index (χ1) is 29.6. The molecule has 0 spiro atoms. The number of anilines is 3. The maximum atomic E-state index is 15.7. The van der Waals surface area contributed by atoms with Gasteiger partial charge in [0, 0.05) is 63.8 Å². The van der Waals surface area contributed by atoms with Crippen LogP contribution in [0.4, 0.5) is 26.2 Å². The van der Waals surface area contributed by atoms with Gasteiger partial charge in [-0.05, 0) is 100 Å². The lowest BCUT2D eigenvalue weighted by Gasteiger charge is -2.38. The summed E-state index contributed by atoms with van der Waals surface area (Å²) in [6.07, 6.45) is 11.4. The van der Waals surface area contributed by atoms with Crippen LogP contribution in [0.3, 0.4) is 0 Å². The number of carbonyl (C=O) groups excluding carboxylic acids is 1. The Bertz CT molecular complexity index is 2460. The van der Waals surface area contributed by atoms with E-state index in [1.165, 1.54) is 16.9 Å². The average molecular weight is 858 g/mol. The first-order valence-electron chi connectivity index (χ1n) is 20.6. The molecule has 324 valence electrons. The van der Waals surface area contributed by atoms with E-state index in [2.05, 4.69) is 57.8 Å². The second kappa shape index (κ2) is 19.7. The average Bonchev–Trinajstić information content (AvgIpc) is 4.02. The van der Waals surface area contributed by atoms with Crippen LogP contribution in [0, 0.1) is 17.6 Å². The number of aromatic amines is 1. The van der Waals surface area contributed by atoms with Crippen LogP contribution in [0.25, 0.3) is 27.8 Å². The normalized spacial score (nSPS) is 16.9. The Morgan fingerprint density at radius 3 is 2.64 bits per heavy atom. The summed E-state index contributed by atoms with van der Waals surface area (Å²) in [6, 6.07) is 8.45. The van der Waals surface area contributed by atoms with Crippen LogP contribution in [0.5, 0.6) is 5.75 Å². The Morgan fingerprint density at radius 2 is 1.93 bits per heavy atom. The van der Waals surface area contributed by atoms with Gasteiger partial charge < -0.3 is 30.4 Å². The summed E-state index contributed by atoms with van der Waals surface area (Å²) in [5.41, 5.74) is 3.16. The summed E-state index contributed by atoms with van der Waals surface area (Å²) in [4.78, 5) is 21.5. The molecule has 0 bridgehead atoms. The van der Waals surface area contributed by atoms with E-state index in [1.807, 2.05) is 30.3 Å². The monoisotopic (exact) mass is 857 g/mol. The summed E-state index contributed by atoms with van der Waals surface area (Å²) in [7, 11) is 2.05. The van der Waals surface area contributed by atoms with E-state index in [0.29, 0.717) is 65.3 Å². The van der Waals surface area contributed by atoms with Crippen LogP contribution >= 0.6 is 0 Å². The minimum atomic E-state index is -1.52. The first kappa shape index (κ1) is 43.3. The lowest BCUT2D eigenvalue weighted by molar-refractivity contribution is -0.107. The van der Waals surface area contributed by atoms with Gasteiger partial charge in [0.2, 0.25) is 11.6 Å². The van der Waals surface area contributed by atoms with Crippen molar-refractivity contribution in [2.24, 2.45) is 13.0 Å². The predicted molar refractivity (Wildman–Crippen MR) is 232 cm³/mol. The van der Waals surface area contributed by atoms with E-state index in [1.54, 1.807) is 49.5 Å².